The van der Waals surface area contributed by atoms with E-state index in [2.05, 4.69) is 15.2 Å². The van der Waals surface area contributed by atoms with Crippen LogP contribution in [0.4, 0.5) is 0 Å². The maximum Gasteiger partial charge on any atom is 0.293 e. The zero-order valence-corrected chi connectivity index (χ0v) is 9.90. The number of carbonyl (C=O) groups is 1. The average molecular weight is 210 g/mol. The second-order valence-corrected chi connectivity index (χ2v) is 4.21. The Balaban J connectivity index is 2.83. The van der Waals surface area contributed by atoms with Gasteiger partial charge in [-0.3, -0.25) is 9.89 Å². The first-order valence-electron chi connectivity index (χ1n) is 5.13. The van der Waals surface area contributed by atoms with E-state index in [1.54, 1.807) is 11.9 Å². The average Bonchev–Trinajstić information content (AvgIpc) is 2.64. The van der Waals surface area contributed by atoms with Gasteiger partial charge in [-0.15, -0.1) is 5.10 Å². The standard InChI is InChI=1S/C10H18N4O/c1-6(2)8-11-9(13-12-8)10(15)14(5)7(3)4/h6-7H,1-5H3,(H,11,12,13). The van der Waals surface area contributed by atoms with E-state index in [1.165, 1.54) is 0 Å². The number of aromatic nitrogens is 3. The van der Waals surface area contributed by atoms with E-state index in [-0.39, 0.29) is 23.7 Å². The first-order valence-corrected chi connectivity index (χ1v) is 5.13. The largest absolute Gasteiger partial charge is 0.337 e. The van der Waals surface area contributed by atoms with Crippen LogP contribution in [0.25, 0.3) is 0 Å². The van der Waals surface area contributed by atoms with E-state index in [9.17, 15) is 4.79 Å². The summed E-state index contributed by atoms with van der Waals surface area (Å²) in [6.45, 7) is 7.91. The predicted molar refractivity (Wildman–Crippen MR) is 57.7 cm³/mol. The Morgan fingerprint density at radius 3 is 2.33 bits per heavy atom. The molecule has 15 heavy (non-hydrogen) atoms. The molecule has 1 aromatic heterocycles. The summed E-state index contributed by atoms with van der Waals surface area (Å²) in [5.41, 5.74) is 0. The summed E-state index contributed by atoms with van der Waals surface area (Å²) in [5, 5.41) is 6.68. The van der Waals surface area contributed by atoms with Crippen LogP contribution in [0.1, 0.15) is 50.1 Å². The molecule has 0 atom stereocenters. The molecule has 0 unspecified atom stereocenters. The Labute approximate surface area is 89.9 Å². The van der Waals surface area contributed by atoms with Crippen LogP contribution in [-0.4, -0.2) is 39.1 Å². The summed E-state index contributed by atoms with van der Waals surface area (Å²) in [7, 11) is 1.75. The predicted octanol–water partition coefficient (Wildman–Crippen LogP) is 1.41. The van der Waals surface area contributed by atoms with Crippen LogP contribution in [-0.2, 0) is 0 Å². The highest BCUT2D eigenvalue weighted by atomic mass is 16.2. The van der Waals surface area contributed by atoms with E-state index in [0.29, 0.717) is 0 Å². The van der Waals surface area contributed by atoms with Crippen LogP contribution in [0.2, 0.25) is 0 Å². The van der Waals surface area contributed by atoms with Gasteiger partial charge in [0.1, 0.15) is 5.82 Å². The summed E-state index contributed by atoms with van der Waals surface area (Å²) in [6, 6.07) is 0.151. The van der Waals surface area contributed by atoms with Crippen molar-refractivity contribution in [3.05, 3.63) is 11.6 Å². The van der Waals surface area contributed by atoms with Crippen LogP contribution in [0.3, 0.4) is 0 Å². The first kappa shape index (κ1) is 11.7. The lowest BCUT2D eigenvalue weighted by atomic mass is 10.2. The lowest BCUT2D eigenvalue weighted by Crippen LogP contribution is -2.33. The van der Waals surface area contributed by atoms with Crippen LogP contribution in [0.15, 0.2) is 0 Å². The van der Waals surface area contributed by atoms with Crippen LogP contribution >= 0.6 is 0 Å². The van der Waals surface area contributed by atoms with Crippen molar-refractivity contribution in [1.29, 1.82) is 0 Å². The number of hydrogen-bond acceptors (Lipinski definition) is 3. The number of rotatable bonds is 3. The van der Waals surface area contributed by atoms with Crippen molar-refractivity contribution in [2.75, 3.05) is 7.05 Å². The molecule has 0 radical (unpaired) electrons. The molecule has 0 aromatic carbocycles. The number of H-pyrrole nitrogens is 1. The number of amides is 1. The summed E-state index contributed by atoms with van der Waals surface area (Å²) >= 11 is 0. The van der Waals surface area contributed by atoms with Gasteiger partial charge in [-0.25, -0.2) is 4.98 Å². The Morgan fingerprint density at radius 1 is 1.33 bits per heavy atom. The molecule has 0 fully saturated rings. The van der Waals surface area contributed by atoms with Crippen molar-refractivity contribution in [2.45, 2.75) is 39.7 Å². The third-order valence-corrected chi connectivity index (χ3v) is 2.34. The fourth-order valence-electron chi connectivity index (χ4n) is 1.02. The molecule has 1 aromatic rings. The molecule has 0 bridgehead atoms. The highest BCUT2D eigenvalue weighted by Crippen LogP contribution is 2.09. The van der Waals surface area contributed by atoms with Gasteiger partial charge < -0.3 is 4.90 Å². The number of aromatic amines is 1. The Bertz CT molecular complexity index is 343. The highest BCUT2D eigenvalue weighted by Gasteiger charge is 2.19. The van der Waals surface area contributed by atoms with E-state index < -0.39 is 0 Å². The quantitative estimate of drug-likeness (QED) is 0.820. The van der Waals surface area contributed by atoms with Gasteiger partial charge in [0.25, 0.3) is 5.91 Å². The molecule has 1 rings (SSSR count). The molecular formula is C10H18N4O. The third kappa shape index (κ3) is 2.55. The van der Waals surface area contributed by atoms with Gasteiger partial charge in [0.15, 0.2) is 0 Å². The van der Waals surface area contributed by atoms with Crippen molar-refractivity contribution in [3.8, 4) is 0 Å². The van der Waals surface area contributed by atoms with E-state index in [0.717, 1.165) is 5.82 Å². The summed E-state index contributed by atoms with van der Waals surface area (Å²) in [4.78, 5) is 17.6. The monoisotopic (exact) mass is 210 g/mol. The Morgan fingerprint density at radius 2 is 1.93 bits per heavy atom. The van der Waals surface area contributed by atoms with Gasteiger partial charge in [-0.05, 0) is 13.8 Å². The zero-order chi connectivity index (χ0) is 11.6. The van der Waals surface area contributed by atoms with Gasteiger partial charge in [-0.1, -0.05) is 13.8 Å². The number of hydrogen-bond donors (Lipinski definition) is 1. The molecule has 0 aliphatic heterocycles. The van der Waals surface area contributed by atoms with Crippen molar-refractivity contribution in [2.24, 2.45) is 0 Å². The van der Waals surface area contributed by atoms with Crippen molar-refractivity contribution in [3.63, 3.8) is 0 Å². The SMILES string of the molecule is CC(C)c1nc(C(=O)N(C)C(C)C)n[nH]1. The summed E-state index contributed by atoms with van der Waals surface area (Å²) in [5.74, 6) is 1.10. The molecule has 0 aliphatic carbocycles. The summed E-state index contributed by atoms with van der Waals surface area (Å²) < 4.78 is 0. The molecule has 0 spiro atoms. The molecule has 0 saturated heterocycles. The number of nitrogens with one attached hydrogen (secondary N) is 1. The third-order valence-electron chi connectivity index (χ3n) is 2.34. The second-order valence-electron chi connectivity index (χ2n) is 4.21. The number of carbonyl (C=O) groups excluding carboxylic acids is 1. The van der Waals surface area contributed by atoms with Crippen molar-refractivity contribution < 1.29 is 4.79 Å². The van der Waals surface area contributed by atoms with E-state index >= 15 is 0 Å². The second kappa shape index (κ2) is 4.42. The van der Waals surface area contributed by atoms with Gasteiger partial charge in [0.2, 0.25) is 5.82 Å². The zero-order valence-electron chi connectivity index (χ0n) is 9.90. The fraction of sp³-hybridized carbons (Fsp3) is 0.700. The van der Waals surface area contributed by atoms with Crippen LogP contribution < -0.4 is 0 Å². The maximum absolute atomic E-state index is 11.8. The Hall–Kier alpha value is -1.39. The molecule has 0 saturated carbocycles. The fourth-order valence-corrected chi connectivity index (χ4v) is 1.02. The van der Waals surface area contributed by atoms with E-state index in [1.807, 2.05) is 27.7 Å². The van der Waals surface area contributed by atoms with Crippen molar-refractivity contribution >= 4 is 5.91 Å². The Kier molecular flexibility index (Phi) is 3.44. The molecule has 1 amide bonds. The molecule has 5 heteroatoms. The van der Waals surface area contributed by atoms with Gasteiger partial charge >= 0.3 is 0 Å². The molecule has 1 N–H and O–H groups in total. The highest BCUT2D eigenvalue weighted by molar-refractivity contribution is 5.90. The van der Waals surface area contributed by atoms with Gasteiger partial charge in [-0.2, -0.15) is 0 Å². The van der Waals surface area contributed by atoms with Crippen LogP contribution in [0, 0.1) is 0 Å². The number of nitrogens with zero attached hydrogens (tertiary/aromatic N) is 3. The lowest BCUT2D eigenvalue weighted by Gasteiger charge is -2.19. The van der Waals surface area contributed by atoms with Gasteiger partial charge in [0.05, 0.1) is 0 Å². The van der Waals surface area contributed by atoms with E-state index in [4.69, 9.17) is 0 Å². The summed E-state index contributed by atoms with van der Waals surface area (Å²) in [6.07, 6.45) is 0. The normalized spacial score (nSPS) is 11.1. The minimum Gasteiger partial charge on any atom is -0.337 e. The van der Waals surface area contributed by atoms with Crippen LogP contribution in [0.5, 0.6) is 0 Å². The molecule has 1 heterocycles. The topological polar surface area (TPSA) is 61.9 Å². The lowest BCUT2D eigenvalue weighted by molar-refractivity contribution is 0.0743. The minimum absolute atomic E-state index is 0.145. The molecule has 0 aliphatic rings. The van der Waals surface area contributed by atoms with Gasteiger partial charge in [0, 0.05) is 19.0 Å². The maximum atomic E-state index is 11.8. The minimum atomic E-state index is -0.145. The molecule has 84 valence electrons. The van der Waals surface area contributed by atoms with Crippen molar-refractivity contribution in [1.82, 2.24) is 20.1 Å². The smallest absolute Gasteiger partial charge is 0.293 e. The first-order chi connectivity index (χ1) is 6.93. The molecular weight excluding hydrogens is 192 g/mol. The molecule has 5 nitrogen and oxygen atoms in total.